The van der Waals surface area contributed by atoms with Crippen LogP contribution in [0.3, 0.4) is 0 Å². The van der Waals surface area contributed by atoms with Gasteiger partial charge in [0.15, 0.2) is 6.10 Å². The van der Waals surface area contributed by atoms with E-state index in [0.29, 0.717) is 23.7 Å². The number of benzene rings is 1. The standard InChI is InChI=1S/C25H27NO8/c1-3-32-17-7-6-15(26-12-17)13-33-20-9-5-14(4-8-19(20)31-2)25-24(30)23(29)22-18(28)10-16(27)11-21(22)34-25/h4-12,20,23-25,27-30H,3,13H2,1-2H3. The third kappa shape index (κ3) is 4.86. The average Bonchev–Trinajstić information content (AvgIpc) is 3.02. The average molecular weight is 469 g/mol. The van der Waals surface area contributed by atoms with Crippen LogP contribution in [-0.4, -0.2) is 57.4 Å². The van der Waals surface area contributed by atoms with Crippen molar-refractivity contribution in [2.24, 2.45) is 0 Å². The number of phenols is 2. The molecule has 9 nitrogen and oxygen atoms in total. The molecule has 0 saturated heterocycles. The Morgan fingerprint density at radius 2 is 1.94 bits per heavy atom. The first-order valence-corrected chi connectivity index (χ1v) is 10.8. The van der Waals surface area contributed by atoms with E-state index in [2.05, 4.69) is 4.98 Å². The van der Waals surface area contributed by atoms with Crippen molar-refractivity contribution < 1.29 is 39.4 Å². The van der Waals surface area contributed by atoms with Crippen molar-refractivity contribution in [1.82, 2.24) is 4.98 Å². The Morgan fingerprint density at radius 1 is 1.12 bits per heavy atom. The molecule has 4 N–H and O–H groups in total. The van der Waals surface area contributed by atoms with Crippen LogP contribution in [0, 0.1) is 0 Å². The summed E-state index contributed by atoms with van der Waals surface area (Å²) in [7, 11) is 1.53. The third-order valence-corrected chi connectivity index (χ3v) is 5.56. The molecular formula is C25H27NO8. The second-order valence-electron chi connectivity index (χ2n) is 7.80. The molecule has 4 rings (SSSR count). The smallest absolute Gasteiger partial charge is 0.152 e. The zero-order valence-electron chi connectivity index (χ0n) is 18.8. The minimum absolute atomic E-state index is 0.0249. The van der Waals surface area contributed by atoms with E-state index in [9.17, 15) is 20.4 Å². The van der Waals surface area contributed by atoms with Crippen molar-refractivity contribution in [1.29, 1.82) is 0 Å². The minimum Gasteiger partial charge on any atom is -0.508 e. The van der Waals surface area contributed by atoms with Gasteiger partial charge in [0.05, 0.1) is 37.8 Å². The van der Waals surface area contributed by atoms with Crippen LogP contribution in [0.1, 0.15) is 24.3 Å². The number of ether oxygens (including phenoxy) is 4. The summed E-state index contributed by atoms with van der Waals surface area (Å²) in [6, 6.07) is 6.01. The molecule has 0 bridgehead atoms. The zero-order chi connectivity index (χ0) is 24.2. The van der Waals surface area contributed by atoms with Gasteiger partial charge in [0, 0.05) is 12.1 Å². The number of rotatable bonds is 7. The molecule has 0 spiro atoms. The summed E-state index contributed by atoms with van der Waals surface area (Å²) in [6.45, 7) is 2.69. The maximum Gasteiger partial charge on any atom is 0.152 e. The molecule has 4 atom stereocenters. The number of aromatic hydroxyl groups is 2. The molecule has 1 aliphatic carbocycles. The van der Waals surface area contributed by atoms with Gasteiger partial charge in [-0.25, -0.2) is 0 Å². The van der Waals surface area contributed by atoms with Crippen molar-refractivity contribution >= 4 is 0 Å². The van der Waals surface area contributed by atoms with Crippen LogP contribution < -0.4 is 9.47 Å². The summed E-state index contributed by atoms with van der Waals surface area (Å²) in [4.78, 5) is 4.33. The Kier molecular flexibility index (Phi) is 7.06. The molecule has 2 aliphatic rings. The lowest BCUT2D eigenvalue weighted by atomic mass is 9.91. The summed E-state index contributed by atoms with van der Waals surface area (Å²) in [5.41, 5.74) is 1.28. The summed E-state index contributed by atoms with van der Waals surface area (Å²) >= 11 is 0. The lowest BCUT2D eigenvalue weighted by molar-refractivity contribution is -0.0554. The van der Waals surface area contributed by atoms with Gasteiger partial charge in [-0.05, 0) is 36.8 Å². The fourth-order valence-electron chi connectivity index (χ4n) is 3.86. The van der Waals surface area contributed by atoms with E-state index in [4.69, 9.17) is 18.9 Å². The Morgan fingerprint density at radius 3 is 2.65 bits per heavy atom. The predicted molar refractivity (Wildman–Crippen MR) is 121 cm³/mol. The highest BCUT2D eigenvalue weighted by molar-refractivity contribution is 5.53. The topological polar surface area (TPSA) is 131 Å². The number of aliphatic hydroxyl groups is 2. The number of aliphatic hydroxyl groups excluding tert-OH is 2. The monoisotopic (exact) mass is 469 g/mol. The number of hydrogen-bond acceptors (Lipinski definition) is 9. The second kappa shape index (κ2) is 10.2. The summed E-state index contributed by atoms with van der Waals surface area (Å²) in [5, 5.41) is 41.1. The molecule has 9 heteroatoms. The molecule has 1 aliphatic heterocycles. The predicted octanol–water partition coefficient (Wildman–Crippen LogP) is 2.66. The third-order valence-electron chi connectivity index (χ3n) is 5.56. The fraction of sp³-hybridized carbons (Fsp3) is 0.320. The number of hydrogen-bond donors (Lipinski definition) is 4. The van der Waals surface area contributed by atoms with Crippen LogP contribution in [0.15, 0.2) is 66.1 Å². The second-order valence-corrected chi connectivity index (χ2v) is 7.80. The van der Waals surface area contributed by atoms with Gasteiger partial charge in [-0.2, -0.15) is 0 Å². The number of allylic oxidation sites excluding steroid dienone is 2. The number of methoxy groups -OCH3 is 1. The van der Waals surface area contributed by atoms with E-state index >= 15 is 0 Å². The number of nitrogens with zero attached hydrogens (tertiary/aromatic N) is 1. The van der Waals surface area contributed by atoms with Crippen LogP contribution >= 0.6 is 0 Å². The van der Waals surface area contributed by atoms with Crippen molar-refractivity contribution in [3.8, 4) is 23.0 Å². The maximum absolute atomic E-state index is 10.7. The zero-order valence-corrected chi connectivity index (χ0v) is 18.8. The molecule has 34 heavy (non-hydrogen) atoms. The lowest BCUT2D eigenvalue weighted by Gasteiger charge is -2.35. The highest BCUT2D eigenvalue weighted by Gasteiger charge is 2.40. The van der Waals surface area contributed by atoms with Gasteiger partial charge < -0.3 is 39.4 Å². The van der Waals surface area contributed by atoms with Crippen LogP contribution in [0.25, 0.3) is 0 Å². The van der Waals surface area contributed by atoms with Gasteiger partial charge in [0.25, 0.3) is 0 Å². The van der Waals surface area contributed by atoms with E-state index in [1.165, 1.54) is 13.2 Å². The van der Waals surface area contributed by atoms with Gasteiger partial charge in [0.2, 0.25) is 0 Å². The van der Waals surface area contributed by atoms with Gasteiger partial charge in [-0.15, -0.1) is 0 Å². The van der Waals surface area contributed by atoms with Crippen molar-refractivity contribution in [2.75, 3.05) is 13.7 Å². The first kappa shape index (κ1) is 23.6. The van der Waals surface area contributed by atoms with E-state index in [-0.39, 0.29) is 29.4 Å². The molecule has 2 heterocycles. The van der Waals surface area contributed by atoms with Gasteiger partial charge in [-0.3, -0.25) is 4.98 Å². The summed E-state index contributed by atoms with van der Waals surface area (Å²) in [5.74, 6) is 0.719. The molecule has 0 saturated carbocycles. The maximum atomic E-state index is 10.7. The molecule has 0 amide bonds. The highest BCUT2D eigenvalue weighted by atomic mass is 16.5. The molecule has 0 fully saturated rings. The van der Waals surface area contributed by atoms with Gasteiger partial charge >= 0.3 is 0 Å². The van der Waals surface area contributed by atoms with Crippen LogP contribution in [-0.2, 0) is 16.1 Å². The number of aromatic nitrogens is 1. The first-order valence-electron chi connectivity index (χ1n) is 10.8. The molecule has 0 radical (unpaired) electrons. The van der Waals surface area contributed by atoms with Crippen LogP contribution in [0.2, 0.25) is 0 Å². The van der Waals surface area contributed by atoms with Crippen molar-refractivity contribution in [2.45, 2.75) is 37.9 Å². The van der Waals surface area contributed by atoms with E-state index in [1.807, 2.05) is 19.1 Å². The van der Waals surface area contributed by atoms with E-state index in [0.717, 1.165) is 11.8 Å². The Labute approximate surface area is 196 Å². The fourth-order valence-corrected chi connectivity index (χ4v) is 3.86. The number of fused-ring (bicyclic) bond motifs is 1. The Balaban J connectivity index is 1.51. The molecule has 1 aromatic carbocycles. The summed E-state index contributed by atoms with van der Waals surface area (Å²) < 4.78 is 22.7. The van der Waals surface area contributed by atoms with Gasteiger partial charge in [-0.1, -0.05) is 12.2 Å². The molecule has 1 aromatic heterocycles. The normalized spacial score (nSPS) is 23.8. The SMILES string of the molecule is CCOc1ccc(COC2C=CC(C3Oc4cc(O)cc(O)c4C(O)C3O)=CC=C2OC)nc1. The largest absolute Gasteiger partial charge is 0.508 e. The molecule has 2 aromatic rings. The van der Waals surface area contributed by atoms with E-state index in [1.54, 1.807) is 30.5 Å². The van der Waals surface area contributed by atoms with Gasteiger partial charge in [0.1, 0.15) is 47.1 Å². The molecule has 4 unspecified atom stereocenters. The first-order chi connectivity index (χ1) is 16.4. The summed E-state index contributed by atoms with van der Waals surface area (Å²) in [6.07, 6.45) is 4.25. The minimum atomic E-state index is -1.41. The number of pyridine rings is 1. The van der Waals surface area contributed by atoms with Crippen LogP contribution in [0.4, 0.5) is 0 Å². The van der Waals surface area contributed by atoms with Crippen LogP contribution in [0.5, 0.6) is 23.0 Å². The lowest BCUT2D eigenvalue weighted by Crippen LogP contribution is -2.41. The van der Waals surface area contributed by atoms with Crippen molar-refractivity contribution in [3.05, 3.63) is 77.4 Å². The van der Waals surface area contributed by atoms with Crippen molar-refractivity contribution in [3.63, 3.8) is 0 Å². The molecular weight excluding hydrogens is 442 g/mol. The quantitative estimate of drug-likeness (QED) is 0.483. The number of phenolic OH excluding ortho intramolecular Hbond substituents is 2. The van der Waals surface area contributed by atoms with E-state index < -0.39 is 24.4 Å². The Hall–Kier alpha value is -3.53. The Bertz CT molecular complexity index is 1110. The highest BCUT2D eigenvalue weighted by Crippen LogP contribution is 2.44. The molecule has 180 valence electrons.